The van der Waals surface area contributed by atoms with Crippen LogP contribution < -0.4 is 10.5 Å². The van der Waals surface area contributed by atoms with Crippen LogP contribution in [0.3, 0.4) is 0 Å². The fraction of sp³-hybridized carbons (Fsp3) is 0.500. The normalized spacial score (nSPS) is 14.6. The quantitative estimate of drug-likeness (QED) is 0.321. The van der Waals surface area contributed by atoms with Crippen LogP contribution in [-0.2, 0) is 10.0 Å². The summed E-state index contributed by atoms with van der Waals surface area (Å²) in [7, 11) is -3.64. The molecule has 1 aromatic heterocycles. The number of sulfonamides is 1. The number of nitrogens with one attached hydrogen (secondary N) is 1. The molecule has 0 saturated carbocycles. The van der Waals surface area contributed by atoms with Crippen molar-refractivity contribution in [2.24, 2.45) is 10.9 Å². The van der Waals surface area contributed by atoms with Crippen molar-refractivity contribution in [3.63, 3.8) is 0 Å². The Morgan fingerprint density at radius 1 is 1.68 bits per heavy atom. The lowest BCUT2D eigenvalue weighted by atomic mass is 10.1. The highest BCUT2D eigenvalue weighted by molar-refractivity contribution is 7.91. The number of thiophene rings is 1. The Balaban J connectivity index is 2.89. The number of nitrogens with zero attached hydrogens (tertiary/aromatic N) is 1. The third kappa shape index (κ3) is 4.34. The number of hydrogen-bond acceptors (Lipinski definition) is 5. The van der Waals surface area contributed by atoms with Gasteiger partial charge in [-0.3, -0.25) is 0 Å². The van der Waals surface area contributed by atoms with Gasteiger partial charge < -0.3 is 10.9 Å². The van der Waals surface area contributed by atoms with E-state index >= 15 is 0 Å². The van der Waals surface area contributed by atoms with Crippen LogP contribution in [0, 0.1) is 6.92 Å². The maximum absolute atomic E-state index is 12.1. The molecule has 6 nitrogen and oxygen atoms in total. The number of amidine groups is 1. The van der Waals surface area contributed by atoms with Gasteiger partial charge in [0, 0.05) is 12.5 Å². The molecule has 4 N–H and O–H groups in total. The zero-order chi connectivity index (χ0) is 14.6. The molecule has 1 aromatic rings. The maximum atomic E-state index is 12.1. The van der Waals surface area contributed by atoms with Crippen LogP contribution in [-0.4, -0.2) is 25.5 Å². The Kier molecular flexibility index (Phi) is 5.60. The number of nitrogens with two attached hydrogens (primary N) is 1. The highest BCUT2D eigenvalue weighted by Gasteiger charge is 2.22. The van der Waals surface area contributed by atoms with Gasteiger partial charge in [-0.05, 0) is 25.0 Å². The molecule has 1 heterocycles. The Morgan fingerprint density at radius 3 is 2.74 bits per heavy atom. The predicted molar refractivity (Wildman–Crippen MR) is 76.5 cm³/mol. The number of hydrogen-bond donors (Lipinski definition) is 3. The number of oxime groups is 1. The van der Waals surface area contributed by atoms with Crippen molar-refractivity contribution in [1.29, 1.82) is 0 Å². The van der Waals surface area contributed by atoms with E-state index in [1.54, 1.807) is 6.92 Å². The van der Waals surface area contributed by atoms with Gasteiger partial charge in [-0.15, -0.1) is 11.3 Å². The second-order valence-corrected chi connectivity index (χ2v) is 7.64. The predicted octanol–water partition coefficient (Wildman–Crippen LogP) is 1.90. The number of halogens is 1. The van der Waals surface area contributed by atoms with E-state index in [1.165, 1.54) is 6.07 Å². The van der Waals surface area contributed by atoms with Gasteiger partial charge in [0.15, 0.2) is 0 Å². The molecule has 0 amide bonds. The van der Waals surface area contributed by atoms with E-state index in [0.29, 0.717) is 10.8 Å². The molecule has 108 valence electrons. The minimum Gasteiger partial charge on any atom is -0.409 e. The highest BCUT2D eigenvalue weighted by Crippen LogP contribution is 2.30. The van der Waals surface area contributed by atoms with E-state index in [1.807, 2.05) is 6.92 Å². The first-order valence-corrected chi connectivity index (χ1v) is 8.22. The Hall–Kier alpha value is -0.830. The maximum Gasteiger partial charge on any atom is 0.250 e. The summed E-state index contributed by atoms with van der Waals surface area (Å²) in [6.45, 7) is 3.55. The molecule has 1 atom stereocenters. The van der Waals surface area contributed by atoms with Crippen molar-refractivity contribution in [2.75, 3.05) is 0 Å². The fourth-order valence-corrected chi connectivity index (χ4v) is 4.45. The van der Waals surface area contributed by atoms with Gasteiger partial charge in [0.1, 0.15) is 10.0 Å². The first kappa shape index (κ1) is 16.2. The van der Waals surface area contributed by atoms with Gasteiger partial charge in [0.25, 0.3) is 0 Å². The van der Waals surface area contributed by atoms with E-state index in [2.05, 4.69) is 9.88 Å². The fourth-order valence-electron chi connectivity index (χ4n) is 1.40. The van der Waals surface area contributed by atoms with Gasteiger partial charge in [-0.25, -0.2) is 13.1 Å². The van der Waals surface area contributed by atoms with Crippen LogP contribution in [0.2, 0.25) is 4.34 Å². The first-order valence-electron chi connectivity index (χ1n) is 5.54. The molecular weight excluding hydrogens is 310 g/mol. The zero-order valence-corrected chi connectivity index (χ0v) is 12.9. The summed E-state index contributed by atoms with van der Waals surface area (Å²) >= 11 is 6.87. The molecule has 0 bridgehead atoms. The summed E-state index contributed by atoms with van der Waals surface area (Å²) in [5.41, 5.74) is 6.10. The highest BCUT2D eigenvalue weighted by atomic mass is 35.5. The molecule has 0 fully saturated rings. The third-order valence-electron chi connectivity index (χ3n) is 2.50. The van der Waals surface area contributed by atoms with Crippen LogP contribution in [0.5, 0.6) is 0 Å². The van der Waals surface area contributed by atoms with E-state index in [0.717, 1.165) is 16.9 Å². The largest absolute Gasteiger partial charge is 0.409 e. The summed E-state index contributed by atoms with van der Waals surface area (Å²) in [5, 5.41) is 11.3. The van der Waals surface area contributed by atoms with Crippen LogP contribution in [0.1, 0.15) is 25.3 Å². The van der Waals surface area contributed by atoms with E-state index in [9.17, 15) is 8.42 Å². The number of aryl methyl sites for hydroxylation is 1. The molecule has 9 heteroatoms. The topological polar surface area (TPSA) is 105 Å². The molecule has 0 radical (unpaired) electrons. The van der Waals surface area contributed by atoms with Crippen LogP contribution in [0.4, 0.5) is 0 Å². The molecule has 0 aliphatic heterocycles. The molecule has 0 spiro atoms. The second-order valence-electron chi connectivity index (χ2n) is 4.04. The zero-order valence-electron chi connectivity index (χ0n) is 10.6. The van der Waals surface area contributed by atoms with Crippen molar-refractivity contribution >= 4 is 38.8 Å². The third-order valence-corrected chi connectivity index (χ3v) is 6.05. The summed E-state index contributed by atoms with van der Waals surface area (Å²) in [5.74, 6) is -0.0186. The molecule has 1 rings (SSSR count). The lowest BCUT2D eigenvalue weighted by Crippen LogP contribution is -2.37. The Morgan fingerprint density at radius 2 is 2.32 bits per heavy atom. The van der Waals surface area contributed by atoms with Crippen molar-refractivity contribution in [3.8, 4) is 0 Å². The summed E-state index contributed by atoms with van der Waals surface area (Å²) in [6, 6.07) is 1.09. The summed E-state index contributed by atoms with van der Waals surface area (Å²) in [4.78, 5) is 0. The van der Waals surface area contributed by atoms with Gasteiger partial charge in [0.2, 0.25) is 10.0 Å². The molecule has 19 heavy (non-hydrogen) atoms. The van der Waals surface area contributed by atoms with Crippen molar-refractivity contribution in [3.05, 3.63) is 16.0 Å². The Bertz CT molecular complexity index is 549. The molecular formula is C10H16ClN3O3S2. The first-order chi connectivity index (χ1) is 8.80. The van der Waals surface area contributed by atoms with E-state index < -0.39 is 16.1 Å². The van der Waals surface area contributed by atoms with Crippen molar-refractivity contribution < 1.29 is 13.6 Å². The second kappa shape index (κ2) is 6.56. The number of rotatable bonds is 6. The summed E-state index contributed by atoms with van der Waals surface area (Å²) in [6.07, 6.45) is 0.665. The van der Waals surface area contributed by atoms with Gasteiger partial charge in [0.05, 0.1) is 4.34 Å². The average Bonchev–Trinajstić information content (AvgIpc) is 2.69. The van der Waals surface area contributed by atoms with Crippen LogP contribution >= 0.6 is 22.9 Å². The van der Waals surface area contributed by atoms with Gasteiger partial charge in [-0.1, -0.05) is 23.7 Å². The lowest BCUT2D eigenvalue weighted by molar-refractivity contribution is 0.316. The molecule has 0 aliphatic carbocycles. The minimum absolute atomic E-state index is 0.0186. The molecule has 1 unspecified atom stereocenters. The van der Waals surface area contributed by atoms with Crippen LogP contribution in [0.25, 0.3) is 0 Å². The smallest absolute Gasteiger partial charge is 0.250 e. The van der Waals surface area contributed by atoms with E-state index in [4.69, 9.17) is 22.5 Å². The monoisotopic (exact) mass is 325 g/mol. The average molecular weight is 326 g/mol. The minimum atomic E-state index is -3.64. The van der Waals surface area contributed by atoms with E-state index in [-0.39, 0.29) is 16.5 Å². The Labute approximate surface area is 121 Å². The van der Waals surface area contributed by atoms with Crippen LogP contribution in [0.15, 0.2) is 15.4 Å². The van der Waals surface area contributed by atoms with Gasteiger partial charge >= 0.3 is 0 Å². The van der Waals surface area contributed by atoms with Gasteiger partial charge in [-0.2, -0.15) is 0 Å². The lowest BCUT2D eigenvalue weighted by Gasteiger charge is -2.15. The molecule has 0 saturated heterocycles. The van der Waals surface area contributed by atoms with Crippen molar-refractivity contribution in [2.45, 2.75) is 36.9 Å². The van der Waals surface area contributed by atoms with Crippen molar-refractivity contribution in [1.82, 2.24) is 4.72 Å². The summed E-state index contributed by atoms with van der Waals surface area (Å²) < 4.78 is 27.4. The molecule has 0 aromatic carbocycles. The standard InChI is InChI=1S/C10H16ClN3O3S2/c1-3-7(5-8(12)13-15)14-19(16,17)9-4-6(2)10(11)18-9/h4,7,14-15H,3,5H2,1-2H3,(H2,12,13). The SMILES string of the molecule is CCC(CC(N)=NO)NS(=O)(=O)c1cc(C)c(Cl)s1. The molecule has 0 aliphatic rings.